The van der Waals surface area contributed by atoms with Crippen LogP contribution in [-0.2, 0) is 5.41 Å². The van der Waals surface area contributed by atoms with Gasteiger partial charge in [-0.25, -0.2) is 8.78 Å². The van der Waals surface area contributed by atoms with Gasteiger partial charge in [0.15, 0.2) is 11.6 Å². The number of nitrogens with two attached hydrogens (primary N) is 1. The molecule has 78 valence electrons. The molecule has 4 heteroatoms. The van der Waals surface area contributed by atoms with E-state index in [-0.39, 0.29) is 12.3 Å². The number of benzene rings is 1. The maximum atomic E-state index is 13.0. The average Bonchev–Trinajstić information content (AvgIpc) is 2.13. The van der Waals surface area contributed by atoms with Gasteiger partial charge in [-0.05, 0) is 17.7 Å². The Hall–Kier alpha value is -1.16. The van der Waals surface area contributed by atoms with E-state index in [2.05, 4.69) is 0 Å². The van der Waals surface area contributed by atoms with Crippen molar-refractivity contribution in [2.45, 2.75) is 19.3 Å². The molecule has 0 bridgehead atoms. The molecule has 0 fully saturated rings. The van der Waals surface area contributed by atoms with Crippen molar-refractivity contribution in [3.63, 3.8) is 0 Å². The van der Waals surface area contributed by atoms with Crippen LogP contribution in [0.1, 0.15) is 19.4 Å². The van der Waals surface area contributed by atoms with Crippen LogP contribution in [0.3, 0.4) is 0 Å². The van der Waals surface area contributed by atoms with Crippen LogP contribution in [0.5, 0.6) is 0 Å². The summed E-state index contributed by atoms with van der Waals surface area (Å²) in [6, 6.07) is 2.40. The summed E-state index contributed by atoms with van der Waals surface area (Å²) in [6.45, 7) is 3.29. The van der Waals surface area contributed by atoms with Gasteiger partial charge in [-0.1, -0.05) is 13.8 Å². The van der Waals surface area contributed by atoms with Crippen LogP contribution in [0.25, 0.3) is 0 Å². The molecular weight excluding hydrogens is 188 g/mol. The molecule has 1 rings (SSSR count). The number of aliphatic hydroxyl groups is 1. The highest BCUT2D eigenvalue weighted by Gasteiger charge is 2.22. The van der Waals surface area contributed by atoms with Gasteiger partial charge in [-0.3, -0.25) is 0 Å². The third-order valence-electron chi connectivity index (χ3n) is 2.23. The molecule has 0 aliphatic heterocycles. The Morgan fingerprint density at radius 2 is 1.93 bits per heavy atom. The minimum absolute atomic E-state index is 0.155. The molecule has 0 aliphatic carbocycles. The number of halogens is 2. The van der Waals surface area contributed by atoms with Gasteiger partial charge < -0.3 is 10.8 Å². The van der Waals surface area contributed by atoms with Crippen molar-refractivity contribution >= 4 is 5.69 Å². The fraction of sp³-hybridized carbons (Fsp3) is 0.400. The van der Waals surface area contributed by atoms with E-state index < -0.39 is 17.0 Å². The van der Waals surface area contributed by atoms with Crippen LogP contribution in [-0.4, -0.2) is 11.7 Å². The molecule has 0 aliphatic rings. The largest absolute Gasteiger partial charge is 0.396 e. The molecule has 0 saturated heterocycles. The standard InChI is InChI=1S/C10H13F2NO/c1-10(2,5-14)6-3-7(11)9(12)8(13)4-6/h3-4,14H,5,13H2,1-2H3. The lowest BCUT2D eigenvalue weighted by molar-refractivity contribution is 0.218. The number of aliphatic hydroxyl groups excluding tert-OH is 1. The van der Waals surface area contributed by atoms with Crippen molar-refractivity contribution < 1.29 is 13.9 Å². The van der Waals surface area contributed by atoms with Crippen LogP contribution in [0.2, 0.25) is 0 Å². The third-order valence-corrected chi connectivity index (χ3v) is 2.23. The normalized spacial score (nSPS) is 11.8. The monoisotopic (exact) mass is 201 g/mol. The van der Waals surface area contributed by atoms with E-state index in [1.54, 1.807) is 13.8 Å². The van der Waals surface area contributed by atoms with Gasteiger partial charge in [-0.2, -0.15) is 0 Å². The summed E-state index contributed by atoms with van der Waals surface area (Å²) in [4.78, 5) is 0. The second kappa shape index (κ2) is 3.53. The molecule has 0 amide bonds. The molecule has 1 aromatic rings. The van der Waals surface area contributed by atoms with Crippen LogP contribution in [0.15, 0.2) is 12.1 Å². The minimum Gasteiger partial charge on any atom is -0.396 e. The average molecular weight is 201 g/mol. The van der Waals surface area contributed by atoms with Crippen LogP contribution in [0, 0.1) is 11.6 Å². The highest BCUT2D eigenvalue weighted by molar-refractivity contribution is 5.45. The first-order chi connectivity index (χ1) is 6.38. The Kier molecular flexibility index (Phi) is 2.76. The van der Waals surface area contributed by atoms with E-state index in [1.807, 2.05) is 0 Å². The number of anilines is 1. The molecule has 14 heavy (non-hydrogen) atoms. The summed E-state index contributed by atoms with van der Waals surface area (Å²) < 4.78 is 25.8. The quantitative estimate of drug-likeness (QED) is 0.717. The van der Waals surface area contributed by atoms with Gasteiger partial charge in [0.1, 0.15) is 0 Å². The molecule has 3 N–H and O–H groups in total. The van der Waals surface area contributed by atoms with Gasteiger partial charge in [0.05, 0.1) is 12.3 Å². The minimum atomic E-state index is -1.04. The zero-order valence-corrected chi connectivity index (χ0v) is 8.14. The molecule has 0 radical (unpaired) electrons. The summed E-state index contributed by atoms with van der Waals surface area (Å²) in [5.41, 5.74) is 4.90. The third kappa shape index (κ3) is 1.85. The summed E-state index contributed by atoms with van der Waals surface area (Å²) in [5, 5.41) is 9.04. The second-order valence-electron chi connectivity index (χ2n) is 3.90. The Bertz CT molecular complexity index is 327. The number of hydrogen-bond acceptors (Lipinski definition) is 2. The summed E-state index contributed by atoms with van der Waals surface area (Å²) in [5.74, 6) is -2.02. The molecular formula is C10H13F2NO. The van der Waals surface area contributed by atoms with Crippen molar-refractivity contribution in [3.8, 4) is 0 Å². The Labute approximate surface area is 81.4 Å². The van der Waals surface area contributed by atoms with Crippen molar-refractivity contribution in [1.29, 1.82) is 0 Å². The lowest BCUT2D eigenvalue weighted by atomic mass is 9.85. The maximum Gasteiger partial charge on any atom is 0.181 e. The van der Waals surface area contributed by atoms with Gasteiger partial charge in [-0.15, -0.1) is 0 Å². The van der Waals surface area contributed by atoms with Gasteiger partial charge in [0.2, 0.25) is 0 Å². The number of rotatable bonds is 2. The molecule has 1 aromatic carbocycles. The van der Waals surface area contributed by atoms with E-state index in [0.717, 1.165) is 6.07 Å². The first kappa shape index (κ1) is 10.9. The second-order valence-corrected chi connectivity index (χ2v) is 3.90. The van der Waals surface area contributed by atoms with E-state index in [9.17, 15) is 8.78 Å². The molecule has 0 heterocycles. The van der Waals surface area contributed by atoms with E-state index in [1.165, 1.54) is 6.07 Å². The predicted molar refractivity (Wildman–Crippen MR) is 50.9 cm³/mol. The van der Waals surface area contributed by atoms with Crippen molar-refractivity contribution in [2.75, 3.05) is 12.3 Å². The molecule has 0 unspecified atom stereocenters. The molecule has 2 nitrogen and oxygen atoms in total. The van der Waals surface area contributed by atoms with E-state index >= 15 is 0 Å². The Balaban J connectivity index is 3.26. The van der Waals surface area contributed by atoms with Crippen LogP contribution in [0.4, 0.5) is 14.5 Å². The predicted octanol–water partition coefficient (Wildman–Crippen LogP) is 1.82. The van der Waals surface area contributed by atoms with E-state index in [4.69, 9.17) is 10.8 Å². The van der Waals surface area contributed by atoms with Gasteiger partial charge in [0.25, 0.3) is 0 Å². The van der Waals surface area contributed by atoms with Crippen molar-refractivity contribution in [1.82, 2.24) is 0 Å². The number of nitrogen functional groups attached to an aromatic ring is 1. The Morgan fingerprint density at radius 3 is 2.36 bits per heavy atom. The summed E-state index contributed by atoms with van der Waals surface area (Å²) in [7, 11) is 0. The summed E-state index contributed by atoms with van der Waals surface area (Å²) >= 11 is 0. The van der Waals surface area contributed by atoms with Crippen LogP contribution >= 0.6 is 0 Å². The zero-order valence-electron chi connectivity index (χ0n) is 8.14. The highest BCUT2D eigenvalue weighted by atomic mass is 19.2. The zero-order chi connectivity index (χ0) is 10.9. The topological polar surface area (TPSA) is 46.2 Å². The van der Waals surface area contributed by atoms with E-state index in [0.29, 0.717) is 5.56 Å². The lowest BCUT2D eigenvalue weighted by Gasteiger charge is -2.22. The molecule has 0 aromatic heterocycles. The lowest BCUT2D eigenvalue weighted by Crippen LogP contribution is -2.22. The highest BCUT2D eigenvalue weighted by Crippen LogP contribution is 2.27. The fourth-order valence-electron chi connectivity index (χ4n) is 1.09. The number of hydrogen-bond donors (Lipinski definition) is 2. The SMILES string of the molecule is CC(C)(CO)c1cc(N)c(F)c(F)c1. The van der Waals surface area contributed by atoms with Gasteiger partial charge >= 0.3 is 0 Å². The van der Waals surface area contributed by atoms with Crippen LogP contribution < -0.4 is 5.73 Å². The Morgan fingerprint density at radius 1 is 1.36 bits per heavy atom. The molecule has 0 atom stereocenters. The first-order valence-electron chi connectivity index (χ1n) is 4.24. The molecule has 0 spiro atoms. The first-order valence-corrected chi connectivity index (χ1v) is 4.24. The van der Waals surface area contributed by atoms with Crippen molar-refractivity contribution in [2.24, 2.45) is 0 Å². The fourth-order valence-corrected chi connectivity index (χ4v) is 1.09. The summed E-state index contributed by atoms with van der Waals surface area (Å²) in [6.07, 6.45) is 0. The maximum absolute atomic E-state index is 13.0. The van der Waals surface area contributed by atoms with Gasteiger partial charge in [0, 0.05) is 5.41 Å². The smallest absolute Gasteiger partial charge is 0.181 e. The van der Waals surface area contributed by atoms with Crippen molar-refractivity contribution in [3.05, 3.63) is 29.3 Å². The molecule has 0 saturated carbocycles.